The molecule has 0 bridgehead atoms. The number of esters is 1. The molecule has 1 aliphatic rings. The van der Waals surface area contributed by atoms with Crippen LogP contribution in [0.1, 0.15) is 27.0 Å². The quantitative estimate of drug-likeness (QED) is 0.638. The van der Waals surface area contributed by atoms with Crippen LogP contribution in [0, 0.1) is 13.8 Å². The number of carbonyl (C=O) groups excluding carboxylic acids is 3. The molecule has 2 aromatic rings. The summed E-state index contributed by atoms with van der Waals surface area (Å²) in [5.74, 6) is -0.433. The van der Waals surface area contributed by atoms with E-state index in [-0.39, 0.29) is 31.3 Å². The van der Waals surface area contributed by atoms with Crippen molar-refractivity contribution in [3.05, 3.63) is 58.7 Å². The molecular formula is C20H19NO5. The smallest absolute Gasteiger partial charge is 0.344 e. The lowest BCUT2D eigenvalue weighted by molar-refractivity contribution is -0.144. The van der Waals surface area contributed by atoms with Gasteiger partial charge >= 0.3 is 5.97 Å². The average molecular weight is 353 g/mol. The Morgan fingerprint density at radius 2 is 1.88 bits per heavy atom. The predicted molar refractivity (Wildman–Crippen MR) is 95.5 cm³/mol. The molecule has 3 rings (SSSR count). The van der Waals surface area contributed by atoms with E-state index in [0.29, 0.717) is 17.0 Å². The number of carbonyl (C=O) groups is 3. The van der Waals surface area contributed by atoms with Crippen LogP contribution in [-0.2, 0) is 20.7 Å². The summed E-state index contributed by atoms with van der Waals surface area (Å²) in [5.41, 5.74) is 3.92. The first-order valence-electron chi connectivity index (χ1n) is 8.24. The summed E-state index contributed by atoms with van der Waals surface area (Å²) >= 11 is 0. The van der Waals surface area contributed by atoms with Gasteiger partial charge in [-0.05, 0) is 49.2 Å². The van der Waals surface area contributed by atoms with Gasteiger partial charge in [0.05, 0.1) is 6.42 Å². The van der Waals surface area contributed by atoms with E-state index in [9.17, 15) is 14.4 Å². The lowest BCUT2D eigenvalue weighted by atomic mass is 10.1. The van der Waals surface area contributed by atoms with Gasteiger partial charge in [0.2, 0.25) is 5.91 Å². The zero-order valence-corrected chi connectivity index (χ0v) is 14.6. The number of aryl methyl sites for hydroxylation is 2. The Bertz CT molecular complexity index is 888. The van der Waals surface area contributed by atoms with Crippen LogP contribution in [0.15, 0.2) is 36.4 Å². The number of anilines is 1. The number of nitrogens with one attached hydrogen (secondary N) is 1. The molecular weight excluding hydrogens is 334 g/mol. The van der Waals surface area contributed by atoms with Crippen LogP contribution in [0.3, 0.4) is 0 Å². The fourth-order valence-electron chi connectivity index (χ4n) is 2.77. The van der Waals surface area contributed by atoms with Crippen LogP contribution in [-0.4, -0.2) is 30.9 Å². The number of hydrogen-bond donors (Lipinski definition) is 1. The Balaban J connectivity index is 1.50. The molecule has 6 heteroatoms. The second-order valence-corrected chi connectivity index (χ2v) is 6.24. The number of ketones is 1. The summed E-state index contributed by atoms with van der Waals surface area (Å²) in [5, 5.41) is 2.70. The highest BCUT2D eigenvalue weighted by Crippen LogP contribution is 2.24. The Labute approximate surface area is 151 Å². The number of benzene rings is 2. The Kier molecular flexibility index (Phi) is 5.02. The normalized spacial score (nSPS) is 12.3. The number of hydrogen-bond acceptors (Lipinski definition) is 5. The van der Waals surface area contributed by atoms with Crippen molar-refractivity contribution in [1.29, 1.82) is 0 Å². The fourth-order valence-corrected chi connectivity index (χ4v) is 2.77. The van der Waals surface area contributed by atoms with Crippen LogP contribution in [0.25, 0.3) is 0 Å². The predicted octanol–water partition coefficient (Wildman–Crippen LogP) is 2.60. The van der Waals surface area contributed by atoms with Gasteiger partial charge in [0.1, 0.15) is 5.75 Å². The summed E-state index contributed by atoms with van der Waals surface area (Å²) in [6, 6.07) is 10.6. The van der Waals surface area contributed by atoms with E-state index in [1.165, 1.54) is 0 Å². The van der Waals surface area contributed by atoms with Crippen molar-refractivity contribution < 1.29 is 23.9 Å². The third kappa shape index (κ3) is 4.08. The lowest BCUT2D eigenvalue weighted by Crippen LogP contribution is -2.19. The topological polar surface area (TPSA) is 81.7 Å². The van der Waals surface area contributed by atoms with E-state index in [2.05, 4.69) is 5.32 Å². The van der Waals surface area contributed by atoms with Crippen LogP contribution in [0.4, 0.5) is 5.69 Å². The Hall–Kier alpha value is -3.15. The molecule has 26 heavy (non-hydrogen) atoms. The van der Waals surface area contributed by atoms with Crippen molar-refractivity contribution in [2.75, 3.05) is 18.5 Å². The van der Waals surface area contributed by atoms with Crippen molar-refractivity contribution in [3.8, 4) is 5.75 Å². The van der Waals surface area contributed by atoms with E-state index >= 15 is 0 Å². The lowest BCUT2D eigenvalue weighted by Gasteiger charge is -2.10. The van der Waals surface area contributed by atoms with Gasteiger partial charge in [-0.25, -0.2) is 4.79 Å². The molecule has 0 spiro atoms. The van der Waals surface area contributed by atoms with Crippen LogP contribution < -0.4 is 10.1 Å². The van der Waals surface area contributed by atoms with E-state index in [1.54, 1.807) is 24.3 Å². The molecule has 2 aromatic carbocycles. The summed E-state index contributed by atoms with van der Waals surface area (Å²) in [6.07, 6.45) is 0.250. The zero-order valence-electron chi connectivity index (χ0n) is 14.6. The monoisotopic (exact) mass is 353 g/mol. The molecule has 1 heterocycles. The van der Waals surface area contributed by atoms with Crippen molar-refractivity contribution in [2.45, 2.75) is 20.3 Å². The fraction of sp³-hybridized carbons (Fsp3) is 0.250. The van der Waals surface area contributed by atoms with E-state index in [1.807, 2.05) is 26.0 Å². The van der Waals surface area contributed by atoms with E-state index in [4.69, 9.17) is 9.47 Å². The molecule has 1 amide bonds. The first-order chi connectivity index (χ1) is 12.4. The molecule has 0 aliphatic carbocycles. The maximum atomic E-state index is 12.2. The molecule has 1 aliphatic heterocycles. The highest BCUT2D eigenvalue weighted by molar-refractivity contribution is 6.02. The molecule has 6 nitrogen and oxygen atoms in total. The van der Waals surface area contributed by atoms with Gasteiger partial charge < -0.3 is 14.8 Å². The summed E-state index contributed by atoms with van der Waals surface area (Å²) in [7, 11) is 0. The Morgan fingerprint density at radius 3 is 2.65 bits per heavy atom. The van der Waals surface area contributed by atoms with Crippen LogP contribution in [0.5, 0.6) is 5.75 Å². The number of amides is 1. The van der Waals surface area contributed by atoms with Gasteiger partial charge in [-0.2, -0.15) is 0 Å². The number of ether oxygens (including phenoxy) is 2. The molecule has 1 N–H and O–H groups in total. The molecule has 0 saturated carbocycles. The van der Waals surface area contributed by atoms with Gasteiger partial charge in [-0.15, -0.1) is 0 Å². The standard InChI is InChI=1S/C20H19NO5/c1-12-3-6-18(13(2)7-12)25-11-20(24)26-10-17(22)14-4-5-16-15(8-14)9-19(23)21-16/h3-8H,9-11H2,1-2H3,(H,21,23). The molecule has 0 fully saturated rings. The van der Waals surface area contributed by atoms with Gasteiger partial charge in [0.15, 0.2) is 19.0 Å². The first-order valence-corrected chi connectivity index (χ1v) is 8.24. The summed E-state index contributed by atoms with van der Waals surface area (Å²) in [4.78, 5) is 35.3. The highest BCUT2D eigenvalue weighted by Gasteiger charge is 2.19. The number of Topliss-reactive ketones (excluding diaryl/α,β-unsaturated/α-hetero) is 1. The minimum atomic E-state index is -0.615. The number of rotatable bonds is 6. The van der Waals surface area contributed by atoms with Gasteiger partial charge in [0.25, 0.3) is 0 Å². The molecule has 134 valence electrons. The second kappa shape index (κ2) is 7.39. The first kappa shape index (κ1) is 17.7. The van der Waals surface area contributed by atoms with Gasteiger partial charge in [-0.3, -0.25) is 9.59 Å². The number of fused-ring (bicyclic) bond motifs is 1. The van der Waals surface area contributed by atoms with E-state index < -0.39 is 5.97 Å². The minimum Gasteiger partial charge on any atom is -0.482 e. The van der Waals surface area contributed by atoms with E-state index in [0.717, 1.165) is 16.7 Å². The Morgan fingerprint density at radius 1 is 1.08 bits per heavy atom. The highest BCUT2D eigenvalue weighted by atomic mass is 16.6. The maximum absolute atomic E-state index is 12.2. The summed E-state index contributed by atoms with van der Waals surface area (Å²) < 4.78 is 10.4. The third-order valence-electron chi connectivity index (χ3n) is 4.09. The van der Waals surface area contributed by atoms with Crippen molar-refractivity contribution in [1.82, 2.24) is 0 Å². The van der Waals surface area contributed by atoms with Crippen molar-refractivity contribution in [3.63, 3.8) is 0 Å². The van der Waals surface area contributed by atoms with Gasteiger partial charge in [0, 0.05) is 11.3 Å². The maximum Gasteiger partial charge on any atom is 0.344 e. The average Bonchev–Trinajstić information content (AvgIpc) is 2.98. The molecule has 0 unspecified atom stereocenters. The largest absolute Gasteiger partial charge is 0.482 e. The van der Waals surface area contributed by atoms with Gasteiger partial charge in [-0.1, -0.05) is 17.7 Å². The minimum absolute atomic E-state index is 0.0976. The molecule has 0 aromatic heterocycles. The van der Waals surface area contributed by atoms with Crippen molar-refractivity contribution in [2.24, 2.45) is 0 Å². The second-order valence-electron chi connectivity index (χ2n) is 6.24. The molecule has 0 atom stereocenters. The molecule has 0 radical (unpaired) electrons. The third-order valence-corrected chi connectivity index (χ3v) is 4.09. The summed E-state index contributed by atoms with van der Waals surface area (Å²) in [6.45, 7) is 3.24. The molecule has 0 saturated heterocycles. The van der Waals surface area contributed by atoms with Crippen molar-refractivity contribution >= 4 is 23.3 Å². The zero-order chi connectivity index (χ0) is 18.7. The van der Waals surface area contributed by atoms with Crippen LogP contribution in [0.2, 0.25) is 0 Å². The SMILES string of the molecule is Cc1ccc(OCC(=O)OCC(=O)c2ccc3c(c2)CC(=O)N3)c(C)c1. The van der Waals surface area contributed by atoms with Crippen LogP contribution >= 0.6 is 0 Å².